The summed E-state index contributed by atoms with van der Waals surface area (Å²) in [7, 11) is 0. The lowest BCUT2D eigenvalue weighted by Crippen LogP contribution is -2.51. The molecule has 146 valence electrons. The summed E-state index contributed by atoms with van der Waals surface area (Å²) in [5, 5.41) is 13.4. The molecule has 0 heterocycles. The van der Waals surface area contributed by atoms with E-state index in [1.807, 2.05) is 30.3 Å². The van der Waals surface area contributed by atoms with Gasteiger partial charge in [-0.15, -0.1) is 0 Å². The van der Waals surface area contributed by atoms with Gasteiger partial charge in [0.1, 0.15) is 12.6 Å². The second-order valence-electron chi connectivity index (χ2n) is 6.11. The normalized spacial score (nSPS) is 11.3. The van der Waals surface area contributed by atoms with Crippen molar-refractivity contribution in [2.24, 2.45) is 5.73 Å². The van der Waals surface area contributed by atoms with Gasteiger partial charge in [0.15, 0.2) is 0 Å². The van der Waals surface area contributed by atoms with E-state index in [9.17, 15) is 24.5 Å². The molecule has 2 aromatic carbocycles. The number of nitrogens with zero attached hydrogens (tertiary/aromatic N) is 2. The smallest absolute Gasteiger partial charge is 0.269 e. The van der Waals surface area contributed by atoms with Crippen LogP contribution in [0.4, 0.5) is 11.4 Å². The Morgan fingerprint density at radius 1 is 1.11 bits per heavy atom. The second kappa shape index (κ2) is 9.26. The van der Waals surface area contributed by atoms with Gasteiger partial charge in [-0.1, -0.05) is 30.3 Å². The van der Waals surface area contributed by atoms with Gasteiger partial charge < -0.3 is 16.0 Å². The minimum Gasteiger partial charge on any atom is -0.368 e. The molecule has 0 saturated heterocycles. The van der Waals surface area contributed by atoms with Crippen molar-refractivity contribution in [3.8, 4) is 0 Å². The fourth-order valence-corrected chi connectivity index (χ4v) is 2.69. The minimum atomic E-state index is -0.936. The molecule has 9 nitrogen and oxygen atoms in total. The van der Waals surface area contributed by atoms with Crippen LogP contribution in [-0.4, -0.2) is 35.2 Å². The van der Waals surface area contributed by atoms with Crippen molar-refractivity contribution in [2.45, 2.75) is 19.4 Å². The van der Waals surface area contributed by atoms with Crippen LogP contribution in [0.5, 0.6) is 0 Å². The van der Waals surface area contributed by atoms with Gasteiger partial charge in [-0.3, -0.25) is 24.5 Å². The number of anilines is 1. The van der Waals surface area contributed by atoms with E-state index in [4.69, 9.17) is 5.73 Å². The first-order valence-corrected chi connectivity index (χ1v) is 8.43. The summed E-state index contributed by atoms with van der Waals surface area (Å²) in [4.78, 5) is 47.6. The summed E-state index contributed by atoms with van der Waals surface area (Å²) in [5.74, 6) is -1.71. The molecule has 0 bridgehead atoms. The Hall–Kier alpha value is -3.75. The average Bonchev–Trinajstić information content (AvgIpc) is 2.65. The fraction of sp³-hybridized carbons (Fsp3) is 0.211. The highest BCUT2D eigenvalue weighted by atomic mass is 16.6. The Bertz CT molecular complexity index is 868. The molecule has 3 amide bonds. The van der Waals surface area contributed by atoms with E-state index in [1.165, 1.54) is 31.2 Å². The van der Waals surface area contributed by atoms with E-state index in [0.29, 0.717) is 0 Å². The number of rotatable bonds is 8. The average molecular weight is 384 g/mol. The topological polar surface area (TPSA) is 136 Å². The van der Waals surface area contributed by atoms with Gasteiger partial charge in [-0.2, -0.15) is 0 Å². The molecule has 3 N–H and O–H groups in total. The number of non-ortho nitro benzene ring substituents is 1. The third-order valence-corrected chi connectivity index (χ3v) is 3.91. The Kier molecular flexibility index (Phi) is 6.80. The predicted octanol–water partition coefficient (Wildman–Crippen LogP) is 1.16. The van der Waals surface area contributed by atoms with Gasteiger partial charge in [-0.25, -0.2) is 0 Å². The molecule has 0 aromatic heterocycles. The van der Waals surface area contributed by atoms with Gasteiger partial charge in [0, 0.05) is 31.2 Å². The molecule has 1 unspecified atom stereocenters. The molecular formula is C19H20N4O5. The Morgan fingerprint density at radius 3 is 2.21 bits per heavy atom. The van der Waals surface area contributed by atoms with Crippen molar-refractivity contribution in [3.05, 3.63) is 70.3 Å². The molecule has 0 spiro atoms. The van der Waals surface area contributed by atoms with Crippen molar-refractivity contribution in [3.63, 3.8) is 0 Å². The van der Waals surface area contributed by atoms with Crippen molar-refractivity contribution < 1.29 is 19.3 Å². The van der Waals surface area contributed by atoms with E-state index < -0.39 is 35.2 Å². The fourth-order valence-electron chi connectivity index (χ4n) is 2.69. The minimum absolute atomic E-state index is 0.155. The van der Waals surface area contributed by atoms with E-state index in [0.717, 1.165) is 10.5 Å². The number of primary amides is 1. The summed E-state index contributed by atoms with van der Waals surface area (Å²) >= 11 is 0. The molecule has 9 heteroatoms. The number of carbonyl (C=O) groups is 3. The Balaban J connectivity index is 2.34. The van der Waals surface area contributed by atoms with Crippen LogP contribution >= 0.6 is 0 Å². The molecule has 0 aliphatic carbocycles. The number of nitro groups is 1. The zero-order chi connectivity index (χ0) is 20.7. The lowest BCUT2D eigenvalue weighted by Gasteiger charge is -2.27. The first kappa shape index (κ1) is 20.6. The van der Waals surface area contributed by atoms with Crippen LogP contribution in [-0.2, 0) is 20.8 Å². The molecular weight excluding hydrogens is 364 g/mol. The summed E-state index contributed by atoms with van der Waals surface area (Å²) in [5.41, 5.74) is 6.20. The molecule has 0 radical (unpaired) electrons. The zero-order valence-corrected chi connectivity index (χ0v) is 15.2. The zero-order valence-electron chi connectivity index (χ0n) is 15.2. The van der Waals surface area contributed by atoms with Crippen molar-refractivity contribution in [2.75, 3.05) is 11.4 Å². The van der Waals surface area contributed by atoms with Crippen LogP contribution in [0.1, 0.15) is 12.5 Å². The molecule has 1 atom stereocenters. The van der Waals surface area contributed by atoms with Gasteiger partial charge in [-0.05, 0) is 17.7 Å². The summed E-state index contributed by atoms with van der Waals surface area (Å²) in [6.45, 7) is 0.858. The molecule has 0 saturated carbocycles. The van der Waals surface area contributed by atoms with Crippen LogP contribution in [0, 0.1) is 10.1 Å². The van der Waals surface area contributed by atoms with Gasteiger partial charge in [0.05, 0.1) is 4.92 Å². The molecule has 0 aliphatic rings. The summed E-state index contributed by atoms with van der Waals surface area (Å²) in [6, 6.07) is 13.3. The van der Waals surface area contributed by atoms with Gasteiger partial charge in [0.2, 0.25) is 17.7 Å². The van der Waals surface area contributed by atoms with Crippen LogP contribution in [0.25, 0.3) is 0 Å². The highest BCUT2D eigenvalue weighted by molar-refractivity contribution is 6.02. The van der Waals surface area contributed by atoms with Crippen molar-refractivity contribution in [1.29, 1.82) is 0 Å². The number of nitrogens with one attached hydrogen (secondary N) is 1. The highest BCUT2D eigenvalue weighted by Crippen LogP contribution is 2.20. The number of nitrogens with two attached hydrogens (primary N) is 1. The van der Waals surface area contributed by atoms with Crippen LogP contribution in [0.15, 0.2) is 54.6 Å². The lowest BCUT2D eigenvalue weighted by molar-refractivity contribution is -0.384. The maximum atomic E-state index is 13.1. The van der Waals surface area contributed by atoms with Crippen molar-refractivity contribution >= 4 is 29.1 Å². The first-order valence-electron chi connectivity index (χ1n) is 8.43. The van der Waals surface area contributed by atoms with E-state index in [1.54, 1.807) is 0 Å². The van der Waals surface area contributed by atoms with Crippen LogP contribution in [0.3, 0.4) is 0 Å². The number of hydrogen-bond donors (Lipinski definition) is 2. The van der Waals surface area contributed by atoms with E-state index in [-0.39, 0.29) is 17.8 Å². The highest BCUT2D eigenvalue weighted by Gasteiger charge is 2.28. The first-order chi connectivity index (χ1) is 13.3. The largest absolute Gasteiger partial charge is 0.368 e. The van der Waals surface area contributed by atoms with E-state index in [2.05, 4.69) is 5.32 Å². The SMILES string of the molecule is CC(=O)NC(Cc1ccccc1)C(=O)N(CC(N)=O)c1ccc([N+](=O)[O-])cc1. The third kappa shape index (κ3) is 5.63. The second-order valence-corrected chi connectivity index (χ2v) is 6.11. The number of carbonyl (C=O) groups excluding carboxylic acids is 3. The molecule has 2 rings (SSSR count). The standard InChI is InChI=1S/C19H20N4O5/c1-13(24)21-17(11-14-5-3-2-4-6-14)19(26)22(12-18(20)25)15-7-9-16(10-8-15)23(27)28/h2-10,17H,11-12H2,1H3,(H2,20,25)(H,21,24). The van der Waals surface area contributed by atoms with Crippen LogP contribution < -0.4 is 16.0 Å². The number of benzene rings is 2. The Labute approximate surface area is 161 Å². The molecule has 28 heavy (non-hydrogen) atoms. The lowest BCUT2D eigenvalue weighted by atomic mass is 10.0. The Morgan fingerprint density at radius 2 is 1.71 bits per heavy atom. The van der Waals surface area contributed by atoms with Crippen molar-refractivity contribution in [1.82, 2.24) is 5.32 Å². The molecule has 0 aliphatic heterocycles. The van der Waals surface area contributed by atoms with Crippen LogP contribution in [0.2, 0.25) is 0 Å². The monoisotopic (exact) mass is 384 g/mol. The summed E-state index contributed by atoms with van der Waals surface area (Å²) < 4.78 is 0. The number of amides is 3. The third-order valence-electron chi connectivity index (χ3n) is 3.91. The molecule has 2 aromatic rings. The van der Waals surface area contributed by atoms with E-state index >= 15 is 0 Å². The van der Waals surface area contributed by atoms with Gasteiger partial charge >= 0.3 is 0 Å². The maximum Gasteiger partial charge on any atom is 0.269 e. The van der Waals surface area contributed by atoms with Gasteiger partial charge in [0.25, 0.3) is 5.69 Å². The number of hydrogen-bond acceptors (Lipinski definition) is 5. The molecule has 0 fully saturated rings. The number of nitro benzene ring substituents is 1. The maximum absolute atomic E-state index is 13.1. The summed E-state index contributed by atoms with van der Waals surface area (Å²) in [6.07, 6.45) is 0.210. The predicted molar refractivity (Wildman–Crippen MR) is 102 cm³/mol. The quantitative estimate of drug-likeness (QED) is 0.520.